The molecule has 1 aliphatic heterocycles. The minimum atomic E-state index is 0.433. The third-order valence-electron chi connectivity index (χ3n) is 4.89. The molecule has 1 aliphatic carbocycles. The zero-order valence-electron chi connectivity index (χ0n) is 15.2. The lowest BCUT2D eigenvalue weighted by Gasteiger charge is -2.19. The van der Waals surface area contributed by atoms with E-state index in [0.717, 1.165) is 38.9 Å². The van der Waals surface area contributed by atoms with Crippen LogP contribution in [0.5, 0.6) is 0 Å². The van der Waals surface area contributed by atoms with E-state index < -0.39 is 0 Å². The van der Waals surface area contributed by atoms with Gasteiger partial charge in [0.1, 0.15) is 11.3 Å². The normalized spacial score (nSPS) is 11.3. The first kappa shape index (κ1) is 17.9. The van der Waals surface area contributed by atoms with Gasteiger partial charge in [-0.3, -0.25) is 0 Å². The molecule has 0 aromatic heterocycles. The third kappa shape index (κ3) is 2.88. The minimum absolute atomic E-state index is 0.433. The first-order chi connectivity index (χ1) is 12.9. The Labute approximate surface area is 167 Å². The molecule has 2 aromatic carbocycles. The highest BCUT2D eigenvalue weighted by Crippen LogP contribution is 2.46. The SMILES string of the molecule is CNc1cc2oc3cc(=N)c(C)cc-3c(-c3c(Cl)cccc3Cl)c2cc1C. The smallest absolute Gasteiger partial charge is 0.137 e. The van der Waals surface area contributed by atoms with Gasteiger partial charge in [-0.15, -0.1) is 0 Å². The number of anilines is 1. The van der Waals surface area contributed by atoms with Crippen LogP contribution in [0.4, 0.5) is 5.69 Å². The summed E-state index contributed by atoms with van der Waals surface area (Å²) in [5.41, 5.74) is 6.26. The Hall–Kier alpha value is -2.49. The van der Waals surface area contributed by atoms with E-state index in [-0.39, 0.29) is 0 Å². The molecule has 0 fully saturated rings. The van der Waals surface area contributed by atoms with Crippen LogP contribution in [0.3, 0.4) is 0 Å². The summed E-state index contributed by atoms with van der Waals surface area (Å²) in [5, 5.41) is 13.9. The molecule has 1 heterocycles. The number of halogens is 2. The van der Waals surface area contributed by atoms with Crippen molar-refractivity contribution in [3.05, 3.63) is 69.0 Å². The van der Waals surface area contributed by atoms with E-state index >= 15 is 0 Å². The van der Waals surface area contributed by atoms with Crippen LogP contribution in [0.15, 0.2) is 46.9 Å². The molecule has 136 valence electrons. The van der Waals surface area contributed by atoms with Crippen LogP contribution in [0.25, 0.3) is 33.4 Å². The summed E-state index contributed by atoms with van der Waals surface area (Å²) in [6.07, 6.45) is 0. The van der Waals surface area contributed by atoms with Crippen molar-refractivity contribution < 1.29 is 4.42 Å². The Morgan fingerprint density at radius 2 is 1.63 bits per heavy atom. The standard InChI is InChI=1S/C22H18Cl2N2O/c1-11-7-13-19(9-17(11)25)27-20-10-18(26-3)12(2)8-14(20)21(13)22-15(23)5-4-6-16(22)24/h4-10,25-26H,1-3H3. The summed E-state index contributed by atoms with van der Waals surface area (Å²) in [6, 6.07) is 13.3. The van der Waals surface area contributed by atoms with Gasteiger partial charge in [-0.1, -0.05) is 29.3 Å². The number of hydrogen-bond acceptors (Lipinski definition) is 3. The van der Waals surface area contributed by atoms with E-state index in [1.807, 2.05) is 51.2 Å². The molecule has 5 heteroatoms. The maximum absolute atomic E-state index is 8.16. The van der Waals surface area contributed by atoms with Crippen molar-refractivity contribution in [2.45, 2.75) is 13.8 Å². The van der Waals surface area contributed by atoms with Gasteiger partial charge in [0.05, 0.1) is 5.36 Å². The fourth-order valence-electron chi connectivity index (χ4n) is 3.47. The summed E-state index contributed by atoms with van der Waals surface area (Å²) in [7, 11) is 1.88. The van der Waals surface area contributed by atoms with Gasteiger partial charge in [0.15, 0.2) is 0 Å². The van der Waals surface area contributed by atoms with Gasteiger partial charge in [0.25, 0.3) is 0 Å². The molecule has 0 saturated heterocycles. The van der Waals surface area contributed by atoms with Crippen LogP contribution in [0.2, 0.25) is 10.0 Å². The van der Waals surface area contributed by atoms with Crippen LogP contribution in [-0.4, -0.2) is 7.05 Å². The molecule has 0 bridgehead atoms. The Morgan fingerprint density at radius 3 is 2.30 bits per heavy atom. The molecule has 0 amide bonds. The number of rotatable bonds is 2. The van der Waals surface area contributed by atoms with Gasteiger partial charge in [0, 0.05) is 57.0 Å². The summed E-state index contributed by atoms with van der Waals surface area (Å²) in [5.74, 6) is 0.634. The second-order valence-electron chi connectivity index (χ2n) is 6.65. The summed E-state index contributed by atoms with van der Waals surface area (Å²) >= 11 is 13.1. The molecular formula is C22H18Cl2N2O. The van der Waals surface area contributed by atoms with Gasteiger partial charge >= 0.3 is 0 Å². The van der Waals surface area contributed by atoms with Crippen molar-refractivity contribution >= 4 is 39.9 Å². The quantitative estimate of drug-likeness (QED) is 0.372. The van der Waals surface area contributed by atoms with E-state index in [4.69, 9.17) is 33.0 Å². The van der Waals surface area contributed by atoms with Crippen LogP contribution in [0, 0.1) is 19.3 Å². The summed E-state index contributed by atoms with van der Waals surface area (Å²) in [6.45, 7) is 3.96. The van der Waals surface area contributed by atoms with Crippen LogP contribution in [0.1, 0.15) is 11.1 Å². The van der Waals surface area contributed by atoms with Crippen molar-refractivity contribution in [2.75, 3.05) is 12.4 Å². The van der Waals surface area contributed by atoms with Crippen molar-refractivity contribution in [3.8, 4) is 22.5 Å². The number of aryl methyl sites for hydroxylation is 2. The zero-order valence-corrected chi connectivity index (χ0v) is 16.7. The van der Waals surface area contributed by atoms with Gasteiger partial charge in [-0.05, 0) is 49.2 Å². The van der Waals surface area contributed by atoms with Crippen LogP contribution >= 0.6 is 23.2 Å². The molecule has 2 N–H and O–H groups in total. The average molecular weight is 397 g/mol. The summed E-state index contributed by atoms with van der Waals surface area (Å²) < 4.78 is 6.18. The van der Waals surface area contributed by atoms with Gasteiger partial charge in [-0.25, -0.2) is 0 Å². The fraction of sp³-hybridized carbons (Fsp3) is 0.136. The summed E-state index contributed by atoms with van der Waals surface area (Å²) in [4.78, 5) is 0. The molecule has 3 nitrogen and oxygen atoms in total. The highest BCUT2D eigenvalue weighted by Gasteiger charge is 2.22. The van der Waals surface area contributed by atoms with Gasteiger partial charge in [-0.2, -0.15) is 0 Å². The van der Waals surface area contributed by atoms with E-state index in [9.17, 15) is 0 Å². The first-order valence-corrected chi connectivity index (χ1v) is 9.35. The van der Waals surface area contributed by atoms with E-state index in [1.54, 1.807) is 6.07 Å². The van der Waals surface area contributed by atoms with E-state index in [2.05, 4.69) is 11.4 Å². The lowest BCUT2D eigenvalue weighted by atomic mass is 9.91. The molecule has 2 aromatic rings. The monoisotopic (exact) mass is 396 g/mol. The first-order valence-electron chi connectivity index (χ1n) is 8.59. The van der Waals surface area contributed by atoms with E-state index in [1.165, 1.54) is 0 Å². The van der Waals surface area contributed by atoms with Crippen LogP contribution in [-0.2, 0) is 0 Å². The molecule has 0 saturated carbocycles. The molecule has 27 heavy (non-hydrogen) atoms. The molecule has 4 rings (SSSR count). The Morgan fingerprint density at radius 1 is 0.926 bits per heavy atom. The highest BCUT2D eigenvalue weighted by atomic mass is 35.5. The molecule has 0 atom stereocenters. The number of hydrogen-bond donors (Lipinski definition) is 2. The lowest BCUT2D eigenvalue weighted by molar-refractivity contribution is 0.618. The largest absolute Gasteiger partial charge is 0.456 e. The topological polar surface area (TPSA) is 49.0 Å². The van der Waals surface area contributed by atoms with Crippen molar-refractivity contribution in [1.29, 1.82) is 5.41 Å². The fourth-order valence-corrected chi connectivity index (χ4v) is 4.06. The predicted molar refractivity (Wildman–Crippen MR) is 113 cm³/mol. The second-order valence-corrected chi connectivity index (χ2v) is 7.46. The maximum atomic E-state index is 8.16. The Balaban J connectivity index is 2.27. The predicted octanol–water partition coefficient (Wildman–Crippen LogP) is 6.65. The molecule has 0 unspecified atom stereocenters. The van der Waals surface area contributed by atoms with Crippen LogP contribution < -0.4 is 10.7 Å². The minimum Gasteiger partial charge on any atom is -0.456 e. The number of benzene rings is 3. The second kappa shape index (κ2) is 6.59. The molecule has 2 aliphatic rings. The van der Waals surface area contributed by atoms with Gasteiger partial charge < -0.3 is 15.1 Å². The molecule has 0 radical (unpaired) electrons. The maximum Gasteiger partial charge on any atom is 0.137 e. The average Bonchev–Trinajstić information content (AvgIpc) is 2.62. The number of nitrogens with one attached hydrogen (secondary N) is 2. The molecule has 0 spiro atoms. The van der Waals surface area contributed by atoms with Gasteiger partial charge in [0.2, 0.25) is 0 Å². The van der Waals surface area contributed by atoms with Crippen molar-refractivity contribution in [1.82, 2.24) is 0 Å². The highest BCUT2D eigenvalue weighted by molar-refractivity contribution is 6.40. The number of fused-ring (bicyclic) bond motifs is 2. The lowest BCUT2D eigenvalue weighted by Crippen LogP contribution is -2.06. The zero-order chi connectivity index (χ0) is 19.3. The van der Waals surface area contributed by atoms with Crippen molar-refractivity contribution in [3.63, 3.8) is 0 Å². The Bertz CT molecular complexity index is 1210. The van der Waals surface area contributed by atoms with E-state index in [0.29, 0.717) is 26.7 Å². The Kier molecular flexibility index (Phi) is 4.37. The van der Waals surface area contributed by atoms with Crippen molar-refractivity contribution in [2.24, 2.45) is 0 Å². The molecular weight excluding hydrogens is 379 g/mol. The third-order valence-corrected chi connectivity index (χ3v) is 5.52.